The maximum atomic E-state index is 12.7. The summed E-state index contributed by atoms with van der Waals surface area (Å²) in [6.45, 7) is 1.87. The first-order chi connectivity index (χ1) is 14.9. The largest absolute Gasteiger partial charge is 0.491 e. The number of amides is 1. The molecule has 170 valence electrons. The van der Waals surface area contributed by atoms with Crippen molar-refractivity contribution >= 4 is 11.9 Å². The van der Waals surface area contributed by atoms with Crippen molar-refractivity contribution in [2.24, 2.45) is 0 Å². The first-order valence-electron chi connectivity index (χ1n) is 9.03. The standard InChI is InChI=1S/C19H14F6N4O3/c20-18(21,22)13-2-4-14(5-3-13)29-11-12(16(27-29)32-17(31)19(23,24)25)1-6-15(30)28-9-7-26-8-10-28/h2-5,11,26H,7-10H2. The molecule has 0 spiro atoms. The number of carbonyl (C=O) groups is 2. The van der Waals surface area contributed by atoms with Crippen LogP contribution in [0, 0.1) is 11.8 Å². The predicted octanol–water partition coefficient (Wildman–Crippen LogP) is 2.14. The second-order valence-electron chi connectivity index (χ2n) is 6.52. The van der Waals surface area contributed by atoms with E-state index in [0.29, 0.717) is 26.2 Å². The molecule has 1 aromatic heterocycles. The van der Waals surface area contributed by atoms with E-state index >= 15 is 0 Å². The van der Waals surface area contributed by atoms with E-state index in [-0.39, 0.29) is 11.3 Å². The molecule has 13 heteroatoms. The number of nitrogens with zero attached hydrogens (tertiary/aromatic N) is 3. The van der Waals surface area contributed by atoms with Gasteiger partial charge < -0.3 is 15.0 Å². The highest BCUT2D eigenvalue weighted by molar-refractivity contribution is 5.94. The number of ether oxygens (including phenoxy) is 1. The molecule has 1 aliphatic rings. The molecule has 1 N–H and O–H groups in total. The van der Waals surface area contributed by atoms with Crippen molar-refractivity contribution in [1.29, 1.82) is 0 Å². The second-order valence-corrected chi connectivity index (χ2v) is 6.52. The number of halogens is 6. The molecule has 0 aliphatic carbocycles. The second kappa shape index (κ2) is 8.91. The normalized spacial score (nSPS) is 14.5. The van der Waals surface area contributed by atoms with E-state index in [1.807, 2.05) is 0 Å². The topological polar surface area (TPSA) is 76.5 Å². The summed E-state index contributed by atoms with van der Waals surface area (Å²) in [6, 6.07) is 3.54. The summed E-state index contributed by atoms with van der Waals surface area (Å²) in [5, 5.41) is 6.70. The van der Waals surface area contributed by atoms with E-state index in [4.69, 9.17) is 0 Å². The number of alkyl halides is 6. The third-order valence-corrected chi connectivity index (χ3v) is 4.27. The maximum absolute atomic E-state index is 12.7. The molecule has 0 saturated carbocycles. The monoisotopic (exact) mass is 460 g/mol. The number of hydrogen-bond acceptors (Lipinski definition) is 5. The number of hydrogen-bond donors (Lipinski definition) is 1. The Hall–Kier alpha value is -3.53. The van der Waals surface area contributed by atoms with Gasteiger partial charge in [-0.15, -0.1) is 5.10 Å². The van der Waals surface area contributed by atoms with Gasteiger partial charge in [-0.05, 0) is 30.2 Å². The Kier molecular flexibility index (Phi) is 6.45. The van der Waals surface area contributed by atoms with Crippen LogP contribution in [0.25, 0.3) is 5.69 Å². The van der Waals surface area contributed by atoms with E-state index in [2.05, 4.69) is 27.0 Å². The van der Waals surface area contributed by atoms with Gasteiger partial charge in [0.15, 0.2) is 0 Å². The minimum Gasteiger partial charge on any atom is -0.398 e. The fraction of sp³-hybridized carbons (Fsp3) is 0.316. The van der Waals surface area contributed by atoms with E-state index in [1.165, 1.54) is 4.90 Å². The minimum absolute atomic E-state index is 0.0313. The summed E-state index contributed by atoms with van der Waals surface area (Å²) >= 11 is 0. The summed E-state index contributed by atoms with van der Waals surface area (Å²) in [5.74, 6) is 0.574. The molecule has 7 nitrogen and oxygen atoms in total. The Bertz CT molecular complexity index is 1060. The Labute approximate surface area is 176 Å². The summed E-state index contributed by atoms with van der Waals surface area (Å²) in [4.78, 5) is 24.8. The Balaban J connectivity index is 1.92. The number of carbonyl (C=O) groups excluding carboxylic acids is 2. The highest BCUT2D eigenvalue weighted by Gasteiger charge is 2.42. The fourth-order valence-electron chi connectivity index (χ4n) is 2.67. The summed E-state index contributed by atoms with van der Waals surface area (Å²) in [5.41, 5.74) is -1.24. The molecule has 0 atom stereocenters. The third kappa shape index (κ3) is 5.58. The lowest BCUT2D eigenvalue weighted by Crippen LogP contribution is -2.46. The van der Waals surface area contributed by atoms with Gasteiger partial charge in [-0.25, -0.2) is 9.48 Å². The van der Waals surface area contributed by atoms with Crippen molar-refractivity contribution in [2.45, 2.75) is 12.4 Å². The molecule has 2 aromatic rings. The van der Waals surface area contributed by atoms with Crippen LogP contribution in [0.1, 0.15) is 11.1 Å². The predicted molar refractivity (Wildman–Crippen MR) is 96.6 cm³/mol. The van der Waals surface area contributed by atoms with E-state index in [0.717, 1.165) is 35.1 Å². The smallest absolute Gasteiger partial charge is 0.398 e. The Morgan fingerprint density at radius 1 is 1.03 bits per heavy atom. The van der Waals surface area contributed by atoms with Crippen LogP contribution >= 0.6 is 0 Å². The summed E-state index contributed by atoms with van der Waals surface area (Å²) in [7, 11) is 0. The number of aromatic nitrogens is 2. The van der Waals surface area contributed by atoms with Gasteiger partial charge in [-0.3, -0.25) is 4.79 Å². The molecular formula is C19H14F6N4O3. The number of piperazine rings is 1. The molecule has 1 amide bonds. The lowest BCUT2D eigenvalue weighted by atomic mass is 10.2. The van der Waals surface area contributed by atoms with Crippen molar-refractivity contribution in [3.05, 3.63) is 41.6 Å². The van der Waals surface area contributed by atoms with Gasteiger partial charge in [-0.1, -0.05) is 0 Å². The van der Waals surface area contributed by atoms with Gasteiger partial charge in [0.05, 0.1) is 17.4 Å². The third-order valence-electron chi connectivity index (χ3n) is 4.27. The number of benzene rings is 1. The first-order valence-corrected chi connectivity index (χ1v) is 9.03. The zero-order valence-electron chi connectivity index (χ0n) is 16.0. The quantitative estimate of drug-likeness (QED) is 0.422. The van der Waals surface area contributed by atoms with Crippen molar-refractivity contribution < 1.29 is 40.7 Å². The highest BCUT2D eigenvalue weighted by atomic mass is 19.4. The average Bonchev–Trinajstić information content (AvgIpc) is 3.14. The van der Waals surface area contributed by atoms with Gasteiger partial charge in [0, 0.05) is 32.1 Å². The number of rotatable bonds is 2. The van der Waals surface area contributed by atoms with Crippen LogP contribution in [0.15, 0.2) is 30.5 Å². The van der Waals surface area contributed by atoms with Crippen LogP contribution < -0.4 is 10.1 Å². The van der Waals surface area contributed by atoms with Crippen molar-refractivity contribution in [3.8, 4) is 23.4 Å². The van der Waals surface area contributed by atoms with Crippen LogP contribution in [-0.4, -0.2) is 58.9 Å². The van der Waals surface area contributed by atoms with E-state index in [9.17, 15) is 35.9 Å². The zero-order valence-corrected chi connectivity index (χ0v) is 16.0. The molecule has 0 radical (unpaired) electrons. The van der Waals surface area contributed by atoms with Gasteiger partial charge in [0.2, 0.25) is 0 Å². The van der Waals surface area contributed by atoms with E-state index < -0.39 is 35.7 Å². The molecule has 0 bridgehead atoms. The molecule has 32 heavy (non-hydrogen) atoms. The van der Waals surface area contributed by atoms with Crippen molar-refractivity contribution in [1.82, 2.24) is 20.0 Å². The SMILES string of the molecule is O=C(C#Cc1cn(-c2ccc(C(F)(F)F)cc2)nc1OC(=O)C(F)(F)F)N1CCNCC1. The zero-order chi connectivity index (χ0) is 23.5. The molecular weight excluding hydrogens is 446 g/mol. The van der Waals surface area contributed by atoms with Crippen LogP contribution in [0.2, 0.25) is 0 Å². The molecule has 2 heterocycles. The Morgan fingerprint density at radius 3 is 2.22 bits per heavy atom. The molecule has 3 rings (SSSR count). The molecule has 1 aromatic carbocycles. The van der Waals surface area contributed by atoms with Crippen molar-refractivity contribution in [2.75, 3.05) is 26.2 Å². The van der Waals surface area contributed by atoms with Gasteiger partial charge in [0.1, 0.15) is 5.56 Å². The lowest BCUT2D eigenvalue weighted by Gasteiger charge is -2.25. The van der Waals surface area contributed by atoms with Crippen molar-refractivity contribution in [3.63, 3.8) is 0 Å². The Morgan fingerprint density at radius 2 is 1.66 bits per heavy atom. The molecule has 1 fully saturated rings. The maximum Gasteiger partial charge on any atom is 0.491 e. The van der Waals surface area contributed by atoms with Crippen LogP contribution in [0.3, 0.4) is 0 Å². The minimum atomic E-state index is -5.32. The molecule has 0 unspecified atom stereocenters. The summed E-state index contributed by atoms with van der Waals surface area (Å²) in [6.07, 6.45) is -8.86. The number of esters is 1. The summed E-state index contributed by atoms with van der Waals surface area (Å²) < 4.78 is 81.1. The molecule has 1 saturated heterocycles. The van der Waals surface area contributed by atoms with Gasteiger partial charge in [-0.2, -0.15) is 26.3 Å². The van der Waals surface area contributed by atoms with E-state index in [1.54, 1.807) is 0 Å². The average molecular weight is 460 g/mol. The fourth-order valence-corrected chi connectivity index (χ4v) is 2.67. The van der Waals surface area contributed by atoms with Crippen LogP contribution in [0.5, 0.6) is 5.88 Å². The lowest BCUT2D eigenvalue weighted by molar-refractivity contribution is -0.190. The van der Waals surface area contributed by atoms with Gasteiger partial charge in [0.25, 0.3) is 11.8 Å². The molecule has 1 aliphatic heterocycles. The van der Waals surface area contributed by atoms with Crippen LogP contribution in [-0.2, 0) is 15.8 Å². The van der Waals surface area contributed by atoms with Crippen LogP contribution in [0.4, 0.5) is 26.3 Å². The highest BCUT2D eigenvalue weighted by Crippen LogP contribution is 2.30. The van der Waals surface area contributed by atoms with Gasteiger partial charge >= 0.3 is 18.3 Å². The first kappa shape index (κ1) is 23.1. The number of nitrogens with one attached hydrogen (secondary N) is 1.